The number of hydrogen-bond donors (Lipinski definition) is 5. The molecule has 2 aliphatic rings. The van der Waals surface area contributed by atoms with Crippen LogP contribution in [0.15, 0.2) is 0 Å². The summed E-state index contributed by atoms with van der Waals surface area (Å²) >= 11 is 0. The van der Waals surface area contributed by atoms with E-state index in [9.17, 15) is 20.4 Å². The average molecular weight is 338 g/mol. The van der Waals surface area contributed by atoms with Crippen LogP contribution in [-0.4, -0.2) is 94.6 Å². The van der Waals surface area contributed by atoms with Gasteiger partial charge in [-0.2, -0.15) is 0 Å². The summed E-state index contributed by atoms with van der Waals surface area (Å²) in [4.78, 5) is 0. The van der Waals surface area contributed by atoms with Crippen molar-refractivity contribution in [1.82, 2.24) is 0 Å². The predicted molar refractivity (Wildman–Crippen MR) is 75.2 cm³/mol. The van der Waals surface area contributed by atoms with E-state index in [-0.39, 0.29) is 19.4 Å². The van der Waals surface area contributed by atoms with Gasteiger partial charge in [-0.1, -0.05) is 0 Å². The van der Waals surface area contributed by atoms with E-state index in [1.54, 1.807) is 6.92 Å². The lowest BCUT2D eigenvalue weighted by atomic mass is 10.00. The van der Waals surface area contributed by atoms with Gasteiger partial charge in [0.05, 0.1) is 25.4 Å². The third-order valence-corrected chi connectivity index (χ3v) is 4.06. The van der Waals surface area contributed by atoms with Crippen LogP contribution in [0.5, 0.6) is 0 Å². The Kier molecular flexibility index (Phi) is 7.14. The Morgan fingerprint density at radius 3 is 2.13 bits per heavy atom. The standard InChI is InChI=1S/C14H26O9/c1-2-20-11-4-8(18)14(10(6-16)22-11)23-12-3-7(17)13(19)9(5-15)21-12/h7-19H,2-6H2,1H3/t7-,8?,9?,10?,11+,12?,13+,14+/m1/s1. The van der Waals surface area contributed by atoms with Gasteiger partial charge in [-0.15, -0.1) is 0 Å². The van der Waals surface area contributed by atoms with Gasteiger partial charge in [0.25, 0.3) is 0 Å². The fourth-order valence-electron chi connectivity index (χ4n) is 2.85. The Hall–Kier alpha value is -0.360. The van der Waals surface area contributed by atoms with Crippen LogP contribution in [0.25, 0.3) is 0 Å². The number of aliphatic hydroxyl groups excluding tert-OH is 5. The molecule has 2 saturated heterocycles. The summed E-state index contributed by atoms with van der Waals surface area (Å²) in [7, 11) is 0. The number of rotatable bonds is 6. The summed E-state index contributed by atoms with van der Waals surface area (Å²) in [5.74, 6) is 0. The molecule has 136 valence electrons. The molecule has 5 N–H and O–H groups in total. The number of ether oxygens (including phenoxy) is 4. The van der Waals surface area contributed by atoms with Crippen molar-refractivity contribution < 1.29 is 44.5 Å². The first-order chi connectivity index (χ1) is 11.0. The Labute approximate surface area is 134 Å². The van der Waals surface area contributed by atoms with Crippen molar-refractivity contribution in [3.8, 4) is 0 Å². The highest BCUT2D eigenvalue weighted by Crippen LogP contribution is 2.28. The number of hydrogen-bond acceptors (Lipinski definition) is 9. The topological polar surface area (TPSA) is 138 Å². The third-order valence-electron chi connectivity index (χ3n) is 4.06. The second-order valence-corrected chi connectivity index (χ2v) is 5.73. The van der Waals surface area contributed by atoms with Crippen molar-refractivity contribution in [2.24, 2.45) is 0 Å². The zero-order valence-corrected chi connectivity index (χ0v) is 13.0. The van der Waals surface area contributed by atoms with Crippen molar-refractivity contribution in [2.45, 2.75) is 69.0 Å². The lowest BCUT2D eigenvalue weighted by Crippen LogP contribution is -2.56. The van der Waals surface area contributed by atoms with Crippen LogP contribution in [0.2, 0.25) is 0 Å². The van der Waals surface area contributed by atoms with Crippen molar-refractivity contribution in [3.05, 3.63) is 0 Å². The van der Waals surface area contributed by atoms with E-state index in [4.69, 9.17) is 24.1 Å². The molecule has 0 aliphatic carbocycles. The predicted octanol–water partition coefficient (Wildman–Crippen LogP) is -2.29. The molecule has 2 heterocycles. The first kappa shape index (κ1) is 19.0. The molecule has 2 fully saturated rings. The molecule has 0 amide bonds. The largest absolute Gasteiger partial charge is 0.394 e. The smallest absolute Gasteiger partial charge is 0.161 e. The van der Waals surface area contributed by atoms with E-state index in [0.717, 1.165) is 0 Å². The molecule has 0 aromatic carbocycles. The van der Waals surface area contributed by atoms with Crippen molar-refractivity contribution in [2.75, 3.05) is 19.8 Å². The van der Waals surface area contributed by atoms with Crippen molar-refractivity contribution >= 4 is 0 Å². The molecule has 0 spiro atoms. The summed E-state index contributed by atoms with van der Waals surface area (Å²) in [6.07, 6.45) is -7.33. The highest BCUT2D eigenvalue weighted by molar-refractivity contribution is 4.87. The van der Waals surface area contributed by atoms with Crippen LogP contribution in [0.1, 0.15) is 19.8 Å². The summed E-state index contributed by atoms with van der Waals surface area (Å²) < 4.78 is 21.8. The minimum atomic E-state index is -1.21. The van der Waals surface area contributed by atoms with E-state index < -0.39 is 55.8 Å². The highest BCUT2D eigenvalue weighted by Gasteiger charge is 2.43. The van der Waals surface area contributed by atoms with E-state index in [1.165, 1.54) is 0 Å². The molecular weight excluding hydrogens is 312 g/mol. The van der Waals surface area contributed by atoms with Gasteiger partial charge in [0.15, 0.2) is 12.6 Å². The summed E-state index contributed by atoms with van der Waals surface area (Å²) in [6, 6.07) is 0. The van der Waals surface area contributed by atoms with E-state index in [2.05, 4.69) is 0 Å². The van der Waals surface area contributed by atoms with Gasteiger partial charge < -0.3 is 44.5 Å². The zero-order chi connectivity index (χ0) is 17.0. The van der Waals surface area contributed by atoms with Crippen LogP contribution in [-0.2, 0) is 18.9 Å². The number of aliphatic hydroxyl groups is 5. The first-order valence-electron chi connectivity index (χ1n) is 7.84. The second kappa shape index (κ2) is 8.65. The fourth-order valence-corrected chi connectivity index (χ4v) is 2.85. The summed E-state index contributed by atoms with van der Waals surface area (Å²) in [5.41, 5.74) is 0. The molecule has 0 aromatic heterocycles. The molecule has 4 unspecified atom stereocenters. The van der Waals surface area contributed by atoms with Crippen LogP contribution < -0.4 is 0 Å². The van der Waals surface area contributed by atoms with Gasteiger partial charge in [-0.05, 0) is 6.92 Å². The van der Waals surface area contributed by atoms with Crippen LogP contribution >= 0.6 is 0 Å². The molecule has 0 radical (unpaired) electrons. The lowest BCUT2D eigenvalue weighted by molar-refractivity contribution is -0.320. The van der Waals surface area contributed by atoms with Crippen molar-refractivity contribution in [3.63, 3.8) is 0 Å². The van der Waals surface area contributed by atoms with Gasteiger partial charge >= 0.3 is 0 Å². The van der Waals surface area contributed by atoms with Crippen molar-refractivity contribution in [1.29, 1.82) is 0 Å². The molecule has 9 nitrogen and oxygen atoms in total. The quantitative estimate of drug-likeness (QED) is 0.362. The lowest BCUT2D eigenvalue weighted by Gasteiger charge is -2.42. The first-order valence-corrected chi connectivity index (χ1v) is 7.84. The van der Waals surface area contributed by atoms with Gasteiger partial charge in [0, 0.05) is 19.4 Å². The maximum atomic E-state index is 10.2. The van der Waals surface area contributed by atoms with E-state index >= 15 is 0 Å². The van der Waals surface area contributed by atoms with Gasteiger partial charge in [0.1, 0.15) is 24.4 Å². The molecule has 0 aromatic rings. The summed E-state index contributed by atoms with van der Waals surface area (Å²) in [6.45, 7) is 1.35. The zero-order valence-electron chi connectivity index (χ0n) is 13.0. The molecule has 0 bridgehead atoms. The molecule has 8 atom stereocenters. The van der Waals surface area contributed by atoms with E-state index in [0.29, 0.717) is 6.61 Å². The van der Waals surface area contributed by atoms with Crippen LogP contribution in [0.3, 0.4) is 0 Å². The minimum Gasteiger partial charge on any atom is -0.394 e. The normalized spacial score (nSPS) is 45.1. The fraction of sp³-hybridized carbons (Fsp3) is 1.00. The Balaban J connectivity index is 1.97. The molecule has 2 rings (SSSR count). The minimum absolute atomic E-state index is 0.0199. The molecular formula is C14H26O9. The van der Waals surface area contributed by atoms with E-state index in [1.807, 2.05) is 0 Å². The SMILES string of the molecule is CCO[C@@H]1CC(O)[C@H](OC2C[C@@H](O)[C@H](O)C(CO)O2)C(CO)O1. The second-order valence-electron chi connectivity index (χ2n) is 5.73. The molecule has 23 heavy (non-hydrogen) atoms. The maximum Gasteiger partial charge on any atom is 0.161 e. The molecule has 0 saturated carbocycles. The monoisotopic (exact) mass is 338 g/mol. The summed E-state index contributed by atoms with van der Waals surface area (Å²) in [5, 5.41) is 48.3. The van der Waals surface area contributed by atoms with Gasteiger partial charge in [0.2, 0.25) is 0 Å². The Morgan fingerprint density at radius 1 is 0.913 bits per heavy atom. The van der Waals surface area contributed by atoms with Crippen LogP contribution in [0, 0.1) is 0 Å². The maximum absolute atomic E-state index is 10.2. The average Bonchev–Trinajstić information content (AvgIpc) is 2.53. The Bertz CT molecular complexity index is 355. The van der Waals surface area contributed by atoms with Gasteiger partial charge in [-0.3, -0.25) is 0 Å². The molecule has 9 heteroatoms. The molecule has 2 aliphatic heterocycles. The van der Waals surface area contributed by atoms with Gasteiger partial charge in [-0.25, -0.2) is 0 Å². The Morgan fingerprint density at radius 2 is 1.52 bits per heavy atom. The third kappa shape index (κ3) is 4.59. The highest BCUT2D eigenvalue weighted by atomic mass is 16.7. The van der Waals surface area contributed by atoms with Crippen LogP contribution in [0.4, 0.5) is 0 Å².